The minimum absolute atomic E-state index is 0.371. The van der Waals surface area contributed by atoms with Crippen LogP contribution in [0.25, 0.3) is 0 Å². The van der Waals surface area contributed by atoms with Crippen LogP contribution in [0.2, 0.25) is 0 Å². The maximum atomic E-state index is 5.62. The molecule has 1 unspecified atom stereocenters. The molecule has 2 rings (SSSR count). The van der Waals surface area contributed by atoms with Crippen molar-refractivity contribution in [2.24, 2.45) is 0 Å². The third-order valence-corrected chi connectivity index (χ3v) is 3.76. The molecular weight excluding hydrogens is 268 g/mol. The van der Waals surface area contributed by atoms with E-state index in [1.165, 1.54) is 18.4 Å². The molecule has 0 aliphatic carbocycles. The maximum absolute atomic E-state index is 5.62. The monoisotopic (exact) mass is 284 g/mol. The van der Waals surface area contributed by atoms with Gasteiger partial charge in [0, 0.05) is 30.9 Å². The highest BCUT2D eigenvalue weighted by molar-refractivity contribution is 9.10. The molecule has 0 bridgehead atoms. The number of anilines is 1. The molecule has 4 heteroatoms. The molecule has 1 aromatic rings. The van der Waals surface area contributed by atoms with Gasteiger partial charge in [-0.25, -0.2) is 4.98 Å². The van der Waals surface area contributed by atoms with Crippen molar-refractivity contribution in [2.45, 2.75) is 25.9 Å². The molecule has 1 fully saturated rings. The number of rotatable bonds is 3. The van der Waals surface area contributed by atoms with E-state index in [0.717, 1.165) is 23.4 Å². The standard InChI is InChI=1S/C12H17BrN2O/c1-9-6-12(14-7-11(9)13)15(2)8-10-4-3-5-16-10/h6-7,10H,3-5,8H2,1-2H3. The SMILES string of the molecule is Cc1cc(N(C)CC2CCCO2)ncc1Br. The molecule has 2 heterocycles. The van der Waals surface area contributed by atoms with E-state index in [0.29, 0.717) is 6.10 Å². The zero-order chi connectivity index (χ0) is 11.5. The first-order valence-electron chi connectivity index (χ1n) is 5.61. The number of nitrogens with zero attached hydrogens (tertiary/aromatic N) is 2. The molecule has 0 N–H and O–H groups in total. The molecule has 16 heavy (non-hydrogen) atoms. The lowest BCUT2D eigenvalue weighted by Gasteiger charge is -2.22. The van der Waals surface area contributed by atoms with Gasteiger partial charge in [-0.05, 0) is 47.3 Å². The fourth-order valence-electron chi connectivity index (χ4n) is 1.92. The van der Waals surface area contributed by atoms with Crippen molar-refractivity contribution in [3.05, 3.63) is 22.3 Å². The Morgan fingerprint density at radius 3 is 3.06 bits per heavy atom. The molecule has 0 amide bonds. The van der Waals surface area contributed by atoms with Crippen molar-refractivity contribution in [1.82, 2.24) is 4.98 Å². The molecule has 0 saturated carbocycles. The lowest BCUT2D eigenvalue weighted by atomic mass is 10.2. The normalized spacial score (nSPS) is 20.1. The summed E-state index contributed by atoms with van der Waals surface area (Å²) in [4.78, 5) is 6.57. The minimum Gasteiger partial charge on any atom is -0.376 e. The number of hydrogen-bond donors (Lipinski definition) is 0. The fourth-order valence-corrected chi connectivity index (χ4v) is 2.14. The van der Waals surface area contributed by atoms with Crippen LogP contribution in [0.1, 0.15) is 18.4 Å². The van der Waals surface area contributed by atoms with Crippen molar-refractivity contribution in [2.75, 3.05) is 25.1 Å². The number of aromatic nitrogens is 1. The Morgan fingerprint density at radius 1 is 1.62 bits per heavy atom. The molecule has 0 radical (unpaired) electrons. The van der Waals surface area contributed by atoms with Crippen LogP contribution in [-0.4, -0.2) is 31.3 Å². The minimum atomic E-state index is 0.371. The van der Waals surface area contributed by atoms with Gasteiger partial charge in [0.2, 0.25) is 0 Å². The summed E-state index contributed by atoms with van der Waals surface area (Å²) in [7, 11) is 2.07. The number of hydrogen-bond acceptors (Lipinski definition) is 3. The zero-order valence-electron chi connectivity index (χ0n) is 9.74. The van der Waals surface area contributed by atoms with E-state index in [9.17, 15) is 0 Å². The van der Waals surface area contributed by atoms with Crippen LogP contribution in [0.15, 0.2) is 16.7 Å². The Bertz CT molecular complexity index is 364. The van der Waals surface area contributed by atoms with Crippen molar-refractivity contribution < 1.29 is 4.74 Å². The number of pyridine rings is 1. The van der Waals surface area contributed by atoms with E-state index in [4.69, 9.17) is 4.74 Å². The predicted molar refractivity (Wildman–Crippen MR) is 68.9 cm³/mol. The summed E-state index contributed by atoms with van der Waals surface area (Å²) in [5.74, 6) is 1.01. The van der Waals surface area contributed by atoms with Crippen molar-refractivity contribution in [1.29, 1.82) is 0 Å². The third kappa shape index (κ3) is 2.74. The van der Waals surface area contributed by atoms with E-state index >= 15 is 0 Å². The van der Waals surface area contributed by atoms with Gasteiger partial charge in [0.25, 0.3) is 0 Å². The Hall–Kier alpha value is -0.610. The molecular formula is C12H17BrN2O. The summed E-state index contributed by atoms with van der Waals surface area (Å²) in [6.45, 7) is 3.91. The molecule has 0 aromatic carbocycles. The van der Waals surface area contributed by atoms with Crippen LogP contribution in [0.5, 0.6) is 0 Å². The summed E-state index contributed by atoms with van der Waals surface area (Å²) in [5, 5.41) is 0. The number of ether oxygens (including phenoxy) is 1. The second kappa shape index (κ2) is 5.15. The zero-order valence-corrected chi connectivity index (χ0v) is 11.3. The molecule has 1 aliphatic rings. The number of aryl methyl sites for hydroxylation is 1. The van der Waals surface area contributed by atoms with Crippen molar-refractivity contribution in [3.8, 4) is 0 Å². The first-order valence-corrected chi connectivity index (χ1v) is 6.41. The summed E-state index contributed by atoms with van der Waals surface area (Å²) in [5.41, 5.74) is 1.21. The number of halogens is 1. The summed E-state index contributed by atoms with van der Waals surface area (Å²) in [6, 6.07) is 2.10. The largest absolute Gasteiger partial charge is 0.376 e. The van der Waals surface area contributed by atoms with E-state index in [-0.39, 0.29) is 0 Å². The lowest BCUT2D eigenvalue weighted by Crippen LogP contribution is -2.29. The smallest absolute Gasteiger partial charge is 0.128 e. The highest BCUT2D eigenvalue weighted by Crippen LogP contribution is 2.21. The first-order chi connectivity index (χ1) is 7.66. The van der Waals surface area contributed by atoms with Gasteiger partial charge in [-0.15, -0.1) is 0 Å². The second-order valence-electron chi connectivity index (χ2n) is 4.31. The summed E-state index contributed by atoms with van der Waals surface area (Å²) in [6.07, 6.45) is 4.58. The van der Waals surface area contributed by atoms with Gasteiger partial charge in [-0.1, -0.05) is 0 Å². The van der Waals surface area contributed by atoms with Gasteiger partial charge in [0.05, 0.1) is 6.10 Å². The Labute approximate surface area is 105 Å². The third-order valence-electron chi connectivity index (χ3n) is 2.93. The van der Waals surface area contributed by atoms with Gasteiger partial charge < -0.3 is 9.64 Å². The summed E-state index contributed by atoms with van der Waals surface area (Å²) >= 11 is 3.46. The van der Waals surface area contributed by atoms with Crippen LogP contribution in [0, 0.1) is 6.92 Å². The van der Waals surface area contributed by atoms with E-state index < -0.39 is 0 Å². The van der Waals surface area contributed by atoms with Crippen molar-refractivity contribution in [3.63, 3.8) is 0 Å². The summed E-state index contributed by atoms with van der Waals surface area (Å²) < 4.78 is 6.68. The second-order valence-corrected chi connectivity index (χ2v) is 5.16. The average molecular weight is 285 g/mol. The highest BCUT2D eigenvalue weighted by atomic mass is 79.9. The lowest BCUT2D eigenvalue weighted by molar-refractivity contribution is 0.116. The molecule has 1 saturated heterocycles. The van der Waals surface area contributed by atoms with Gasteiger partial charge in [0.15, 0.2) is 0 Å². The highest BCUT2D eigenvalue weighted by Gasteiger charge is 2.18. The van der Waals surface area contributed by atoms with Crippen molar-refractivity contribution >= 4 is 21.7 Å². The maximum Gasteiger partial charge on any atom is 0.128 e. The van der Waals surface area contributed by atoms with Gasteiger partial charge in [-0.3, -0.25) is 0 Å². The topological polar surface area (TPSA) is 25.4 Å². The van der Waals surface area contributed by atoms with E-state index in [1.807, 2.05) is 6.20 Å². The Morgan fingerprint density at radius 2 is 2.44 bits per heavy atom. The van der Waals surface area contributed by atoms with Crippen LogP contribution < -0.4 is 4.90 Å². The van der Waals surface area contributed by atoms with Gasteiger partial charge in [0.1, 0.15) is 5.82 Å². The Balaban J connectivity index is 2.02. The molecule has 88 valence electrons. The van der Waals surface area contributed by atoms with E-state index in [2.05, 4.69) is 45.9 Å². The Kier molecular flexibility index (Phi) is 3.82. The first kappa shape index (κ1) is 11.9. The molecule has 1 aliphatic heterocycles. The fraction of sp³-hybridized carbons (Fsp3) is 0.583. The molecule has 0 spiro atoms. The van der Waals surface area contributed by atoms with Crippen LogP contribution in [0.3, 0.4) is 0 Å². The van der Waals surface area contributed by atoms with Crippen LogP contribution >= 0.6 is 15.9 Å². The van der Waals surface area contributed by atoms with Crippen LogP contribution in [-0.2, 0) is 4.74 Å². The predicted octanol–water partition coefficient (Wildman–Crippen LogP) is 2.77. The number of likely N-dealkylation sites (N-methyl/N-ethyl adjacent to an activating group) is 1. The van der Waals surface area contributed by atoms with Gasteiger partial charge in [-0.2, -0.15) is 0 Å². The molecule has 1 aromatic heterocycles. The average Bonchev–Trinajstić information content (AvgIpc) is 2.74. The van der Waals surface area contributed by atoms with Gasteiger partial charge >= 0.3 is 0 Å². The van der Waals surface area contributed by atoms with Crippen LogP contribution in [0.4, 0.5) is 5.82 Å². The molecule has 3 nitrogen and oxygen atoms in total. The quantitative estimate of drug-likeness (QED) is 0.854. The van der Waals surface area contributed by atoms with E-state index in [1.54, 1.807) is 0 Å². The molecule has 1 atom stereocenters.